The van der Waals surface area contributed by atoms with Crippen LogP contribution < -0.4 is 14.8 Å². The van der Waals surface area contributed by atoms with Gasteiger partial charge in [-0.25, -0.2) is 8.42 Å². The highest BCUT2D eigenvalue weighted by molar-refractivity contribution is 9.10. The van der Waals surface area contributed by atoms with E-state index in [1.54, 1.807) is 30.3 Å². The summed E-state index contributed by atoms with van der Waals surface area (Å²) in [6, 6.07) is 16.7. The summed E-state index contributed by atoms with van der Waals surface area (Å²) in [7, 11) is -2.27. The molecule has 3 aromatic rings. The molecule has 2 N–H and O–H groups in total. The Morgan fingerprint density at radius 1 is 0.967 bits per heavy atom. The fourth-order valence-electron chi connectivity index (χ4n) is 2.94. The van der Waals surface area contributed by atoms with Crippen molar-refractivity contribution in [2.24, 2.45) is 0 Å². The molecule has 0 aliphatic rings. The Bertz CT molecular complexity index is 1170. The highest BCUT2D eigenvalue weighted by Crippen LogP contribution is 2.26. The van der Waals surface area contributed by atoms with E-state index in [0.29, 0.717) is 22.7 Å². The van der Waals surface area contributed by atoms with Crippen LogP contribution in [0.15, 0.2) is 70.0 Å². The summed E-state index contributed by atoms with van der Waals surface area (Å²) in [4.78, 5) is 12.7. The van der Waals surface area contributed by atoms with Crippen LogP contribution in [0.2, 0.25) is 0 Å². The first-order valence-electron chi connectivity index (χ1n) is 9.05. The first-order chi connectivity index (χ1) is 14.2. The average molecular weight is 489 g/mol. The Morgan fingerprint density at radius 3 is 2.20 bits per heavy atom. The molecular formula is C22H21BrN2O4S. The number of para-hydroxylation sites is 1. The van der Waals surface area contributed by atoms with Crippen molar-refractivity contribution in [3.8, 4) is 5.75 Å². The molecule has 0 atom stereocenters. The molecule has 0 spiro atoms. The van der Waals surface area contributed by atoms with Crippen molar-refractivity contribution < 1.29 is 17.9 Å². The summed E-state index contributed by atoms with van der Waals surface area (Å²) in [5.41, 5.74) is 3.07. The lowest BCUT2D eigenvalue weighted by Gasteiger charge is -2.14. The normalized spacial score (nSPS) is 11.1. The molecule has 0 bridgehead atoms. The predicted octanol–water partition coefficient (Wildman–Crippen LogP) is 5.13. The molecule has 3 rings (SSSR count). The van der Waals surface area contributed by atoms with Crippen LogP contribution in [0, 0.1) is 13.8 Å². The smallest absolute Gasteiger partial charge is 0.261 e. The molecule has 1 amide bonds. The number of aryl methyl sites for hydroxylation is 2. The third kappa shape index (κ3) is 4.83. The van der Waals surface area contributed by atoms with E-state index in [-0.39, 0.29) is 10.8 Å². The lowest BCUT2D eigenvalue weighted by atomic mass is 10.1. The van der Waals surface area contributed by atoms with Crippen LogP contribution in [0.4, 0.5) is 11.4 Å². The molecule has 156 valence electrons. The van der Waals surface area contributed by atoms with E-state index in [4.69, 9.17) is 4.74 Å². The summed E-state index contributed by atoms with van der Waals surface area (Å²) in [6.07, 6.45) is 0. The molecule has 0 saturated carbocycles. The largest absolute Gasteiger partial charge is 0.496 e. The highest BCUT2D eigenvalue weighted by atomic mass is 79.9. The second-order valence-corrected chi connectivity index (χ2v) is 9.29. The number of nitrogens with one attached hydrogen (secondary N) is 2. The van der Waals surface area contributed by atoms with Crippen molar-refractivity contribution in [2.45, 2.75) is 18.7 Å². The summed E-state index contributed by atoms with van der Waals surface area (Å²) < 4.78 is 34.1. The maximum atomic E-state index is 12.8. The van der Waals surface area contributed by atoms with Crippen molar-refractivity contribution in [1.82, 2.24) is 0 Å². The molecule has 0 aromatic heterocycles. The molecule has 0 heterocycles. The number of anilines is 2. The van der Waals surface area contributed by atoms with E-state index >= 15 is 0 Å². The minimum atomic E-state index is -3.76. The summed E-state index contributed by atoms with van der Waals surface area (Å²) in [5, 5.41) is 2.75. The minimum absolute atomic E-state index is 0.100. The first kappa shape index (κ1) is 21.9. The van der Waals surface area contributed by atoms with Crippen LogP contribution in [0.3, 0.4) is 0 Å². The number of methoxy groups -OCH3 is 1. The Hall–Kier alpha value is -2.84. The van der Waals surface area contributed by atoms with Gasteiger partial charge in [0.25, 0.3) is 15.9 Å². The van der Waals surface area contributed by atoms with Crippen molar-refractivity contribution in [3.05, 3.63) is 81.8 Å². The Morgan fingerprint density at radius 2 is 1.60 bits per heavy atom. The van der Waals surface area contributed by atoms with Crippen molar-refractivity contribution in [2.75, 3.05) is 17.1 Å². The topological polar surface area (TPSA) is 84.5 Å². The van der Waals surface area contributed by atoms with Gasteiger partial charge >= 0.3 is 0 Å². The molecular weight excluding hydrogens is 468 g/mol. The van der Waals surface area contributed by atoms with E-state index in [0.717, 1.165) is 15.6 Å². The monoisotopic (exact) mass is 488 g/mol. The van der Waals surface area contributed by atoms with Gasteiger partial charge in [0, 0.05) is 10.2 Å². The zero-order chi connectivity index (χ0) is 21.9. The van der Waals surface area contributed by atoms with Crippen LogP contribution in [0.5, 0.6) is 5.75 Å². The van der Waals surface area contributed by atoms with Crippen molar-refractivity contribution in [3.63, 3.8) is 0 Å². The lowest BCUT2D eigenvalue weighted by Crippen LogP contribution is -2.15. The molecule has 0 aliphatic carbocycles. The van der Waals surface area contributed by atoms with Crippen LogP contribution in [0.1, 0.15) is 21.5 Å². The van der Waals surface area contributed by atoms with E-state index in [1.807, 2.05) is 32.0 Å². The number of rotatable bonds is 6. The molecule has 0 fully saturated rings. The van der Waals surface area contributed by atoms with E-state index in [1.165, 1.54) is 19.2 Å². The second kappa shape index (κ2) is 8.89. The molecule has 0 saturated heterocycles. The van der Waals surface area contributed by atoms with E-state index in [9.17, 15) is 13.2 Å². The summed E-state index contributed by atoms with van der Waals surface area (Å²) in [6.45, 7) is 3.69. The van der Waals surface area contributed by atoms with Crippen LogP contribution in [0.25, 0.3) is 0 Å². The van der Waals surface area contributed by atoms with Gasteiger partial charge < -0.3 is 10.1 Å². The fraction of sp³-hybridized carbons (Fsp3) is 0.136. The van der Waals surface area contributed by atoms with Crippen molar-refractivity contribution in [1.29, 1.82) is 0 Å². The SMILES string of the molecule is COc1ccc(Br)cc1C(=O)Nc1ccc(S(=O)(=O)Nc2c(C)cccc2C)cc1. The van der Waals surface area contributed by atoms with Gasteiger partial charge in [-0.2, -0.15) is 0 Å². The molecule has 6 nitrogen and oxygen atoms in total. The van der Waals surface area contributed by atoms with Crippen LogP contribution in [-0.2, 0) is 10.0 Å². The first-order valence-corrected chi connectivity index (χ1v) is 11.3. The zero-order valence-corrected chi connectivity index (χ0v) is 19.1. The second-order valence-electron chi connectivity index (χ2n) is 6.70. The number of halogens is 1. The summed E-state index contributed by atoms with van der Waals surface area (Å²) >= 11 is 3.34. The average Bonchev–Trinajstić information content (AvgIpc) is 2.71. The van der Waals surface area contributed by atoms with Crippen molar-refractivity contribution >= 4 is 43.2 Å². The molecule has 8 heteroatoms. The van der Waals surface area contributed by atoms with Gasteiger partial charge in [0.2, 0.25) is 0 Å². The highest BCUT2D eigenvalue weighted by Gasteiger charge is 2.17. The van der Waals surface area contributed by atoms with E-state index < -0.39 is 10.0 Å². The molecule has 30 heavy (non-hydrogen) atoms. The molecule has 0 unspecified atom stereocenters. The molecule has 0 radical (unpaired) electrons. The number of amides is 1. The Labute approximate surface area is 184 Å². The summed E-state index contributed by atoms with van der Waals surface area (Å²) in [5.74, 6) is 0.0742. The van der Waals surface area contributed by atoms with Gasteiger partial charge in [-0.3, -0.25) is 9.52 Å². The maximum Gasteiger partial charge on any atom is 0.261 e. The number of hydrogen-bond acceptors (Lipinski definition) is 4. The van der Waals surface area contributed by atoms with Gasteiger partial charge in [-0.1, -0.05) is 34.1 Å². The minimum Gasteiger partial charge on any atom is -0.496 e. The third-order valence-electron chi connectivity index (χ3n) is 4.55. The molecule has 0 aliphatic heterocycles. The zero-order valence-electron chi connectivity index (χ0n) is 16.7. The van der Waals surface area contributed by atoms with Crippen LogP contribution in [-0.4, -0.2) is 21.4 Å². The molecule has 3 aromatic carbocycles. The predicted molar refractivity (Wildman–Crippen MR) is 122 cm³/mol. The van der Waals surface area contributed by atoms with Gasteiger partial charge in [0.15, 0.2) is 0 Å². The Kier molecular flexibility index (Phi) is 6.48. The number of carbonyl (C=O) groups excluding carboxylic acids is 1. The van der Waals surface area contributed by atoms with E-state index in [2.05, 4.69) is 26.0 Å². The van der Waals surface area contributed by atoms with Gasteiger partial charge in [0.05, 0.1) is 23.3 Å². The van der Waals surface area contributed by atoms with Gasteiger partial charge in [0.1, 0.15) is 5.75 Å². The number of ether oxygens (including phenoxy) is 1. The van der Waals surface area contributed by atoms with Gasteiger partial charge in [-0.05, 0) is 67.4 Å². The number of carbonyl (C=O) groups is 1. The number of sulfonamides is 1. The standard InChI is InChI=1S/C22H21BrN2O4S/c1-14-5-4-6-15(2)21(14)25-30(27,28)18-10-8-17(9-11-18)24-22(26)19-13-16(23)7-12-20(19)29-3/h4-13,25H,1-3H3,(H,24,26). The number of hydrogen-bond donors (Lipinski definition) is 2. The van der Waals surface area contributed by atoms with Crippen LogP contribution >= 0.6 is 15.9 Å². The number of benzene rings is 3. The lowest BCUT2D eigenvalue weighted by molar-refractivity contribution is 0.102. The maximum absolute atomic E-state index is 12.8. The van der Waals surface area contributed by atoms with Gasteiger partial charge in [-0.15, -0.1) is 0 Å². The Balaban J connectivity index is 1.79. The quantitative estimate of drug-likeness (QED) is 0.503. The third-order valence-corrected chi connectivity index (χ3v) is 6.41. The fourth-order valence-corrected chi connectivity index (χ4v) is 4.51.